The van der Waals surface area contributed by atoms with Crippen molar-refractivity contribution < 1.29 is 17.2 Å². The highest BCUT2D eigenvalue weighted by Crippen LogP contribution is 2.29. The number of pyridine rings is 1. The minimum atomic E-state index is -4.27. The van der Waals surface area contributed by atoms with Gasteiger partial charge in [-0.3, -0.25) is 0 Å². The summed E-state index contributed by atoms with van der Waals surface area (Å²) in [6, 6.07) is 0.881. The van der Waals surface area contributed by atoms with Gasteiger partial charge in [0.15, 0.2) is 0 Å². The Morgan fingerprint density at radius 1 is 1.53 bits per heavy atom. The van der Waals surface area contributed by atoms with Crippen LogP contribution in [0, 0.1) is 6.92 Å². The van der Waals surface area contributed by atoms with Gasteiger partial charge in [-0.05, 0) is 13.0 Å². The number of nitrogen functional groups attached to an aromatic ring is 1. The molecule has 1 heterocycles. The van der Waals surface area contributed by atoms with Gasteiger partial charge in [-0.25, -0.2) is 22.2 Å². The van der Waals surface area contributed by atoms with Crippen LogP contribution in [0.1, 0.15) is 17.8 Å². The van der Waals surface area contributed by atoms with E-state index in [1.165, 1.54) is 6.92 Å². The number of halogens is 3. The average Bonchev–Trinajstić information content (AvgIpc) is 2.06. The van der Waals surface area contributed by atoms with Gasteiger partial charge in [0, 0.05) is 10.7 Å². The van der Waals surface area contributed by atoms with E-state index in [-0.39, 0.29) is 11.4 Å². The van der Waals surface area contributed by atoms with Gasteiger partial charge in [-0.2, -0.15) is 0 Å². The molecule has 4 nitrogen and oxygen atoms in total. The van der Waals surface area contributed by atoms with Gasteiger partial charge in [0.1, 0.15) is 10.6 Å². The Bertz CT molecular complexity index is 490. The molecule has 8 heteroatoms. The van der Waals surface area contributed by atoms with Crippen LogP contribution in [0.25, 0.3) is 0 Å². The molecule has 1 aromatic heterocycles. The second-order valence-electron chi connectivity index (χ2n) is 2.78. The van der Waals surface area contributed by atoms with E-state index in [1.54, 1.807) is 0 Å². The number of anilines is 1. The van der Waals surface area contributed by atoms with Gasteiger partial charge >= 0.3 is 0 Å². The van der Waals surface area contributed by atoms with Crippen LogP contribution in [-0.4, -0.2) is 13.4 Å². The Morgan fingerprint density at radius 2 is 2.07 bits per heavy atom. The number of alkyl halides is 2. The maximum absolute atomic E-state index is 12.4. The predicted molar refractivity (Wildman–Crippen MR) is 51.4 cm³/mol. The first-order valence-electron chi connectivity index (χ1n) is 3.73. The molecule has 0 atom stereocenters. The van der Waals surface area contributed by atoms with E-state index in [4.69, 9.17) is 16.4 Å². The number of rotatable bonds is 2. The molecule has 0 aliphatic rings. The highest BCUT2D eigenvalue weighted by molar-refractivity contribution is 8.13. The molecular formula is C7H7ClF2N2O2S. The highest BCUT2D eigenvalue weighted by atomic mass is 35.7. The molecule has 1 aromatic rings. The van der Waals surface area contributed by atoms with Crippen molar-refractivity contribution in [3.63, 3.8) is 0 Å². The molecule has 84 valence electrons. The summed E-state index contributed by atoms with van der Waals surface area (Å²) < 4.78 is 46.8. The molecule has 0 aliphatic carbocycles. The van der Waals surface area contributed by atoms with E-state index < -0.39 is 26.1 Å². The summed E-state index contributed by atoms with van der Waals surface area (Å²) in [6.07, 6.45) is -3.02. The monoisotopic (exact) mass is 256 g/mol. The summed E-state index contributed by atoms with van der Waals surface area (Å²) in [6.45, 7) is 1.39. The summed E-state index contributed by atoms with van der Waals surface area (Å²) in [4.78, 5) is 2.65. The zero-order valence-corrected chi connectivity index (χ0v) is 9.11. The molecule has 0 aliphatic heterocycles. The van der Waals surface area contributed by atoms with Crippen molar-refractivity contribution in [1.82, 2.24) is 4.98 Å². The normalized spacial score (nSPS) is 12.1. The lowest BCUT2D eigenvalue weighted by molar-refractivity contribution is 0.142. The third kappa shape index (κ3) is 2.54. The molecule has 0 unspecified atom stereocenters. The maximum atomic E-state index is 12.4. The average molecular weight is 257 g/mol. The molecule has 0 fully saturated rings. The number of aromatic nitrogens is 1. The SMILES string of the molecule is Cc1nc(C(F)F)c(S(=O)(=O)Cl)cc1N. The summed E-state index contributed by atoms with van der Waals surface area (Å²) in [5.74, 6) is 0. The van der Waals surface area contributed by atoms with Crippen molar-refractivity contribution in [2.75, 3.05) is 5.73 Å². The van der Waals surface area contributed by atoms with Gasteiger partial charge < -0.3 is 5.73 Å². The van der Waals surface area contributed by atoms with Gasteiger partial charge in [0.2, 0.25) is 0 Å². The van der Waals surface area contributed by atoms with Gasteiger partial charge in [-0.15, -0.1) is 0 Å². The van der Waals surface area contributed by atoms with Crippen molar-refractivity contribution in [1.29, 1.82) is 0 Å². The summed E-state index contributed by atoms with van der Waals surface area (Å²) in [5, 5.41) is 0. The zero-order chi connectivity index (χ0) is 11.8. The fourth-order valence-electron chi connectivity index (χ4n) is 0.972. The third-order valence-corrected chi connectivity index (χ3v) is 3.07. The van der Waals surface area contributed by atoms with Crippen molar-refractivity contribution in [3.05, 3.63) is 17.5 Å². The lowest BCUT2D eigenvalue weighted by atomic mass is 10.3. The minimum Gasteiger partial charge on any atom is -0.397 e. The fraction of sp³-hybridized carbons (Fsp3) is 0.286. The van der Waals surface area contributed by atoms with Crippen molar-refractivity contribution in [3.8, 4) is 0 Å². The first-order valence-corrected chi connectivity index (χ1v) is 6.04. The maximum Gasteiger partial charge on any atom is 0.281 e. The first kappa shape index (κ1) is 12.1. The van der Waals surface area contributed by atoms with E-state index in [9.17, 15) is 17.2 Å². The summed E-state index contributed by atoms with van der Waals surface area (Å²) >= 11 is 0. The third-order valence-electron chi connectivity index (χ3n) is 1.71. The number of hydrogen-bond donors (Lipinski definition) is 1. The van der Waals surface area contributed by atoms with Crippen LogP contribution >= 0.6 is 10.7 Å². The number of hydrogen-bond acceptors (Lipinski definition) is 4. The largest absolute Gasteiger partial charge is 0.397 e. The minimum absolute atomic E-state index is 0.00127. The molecule has 1 rings (SSSR count). The molecule has 0 radical (unpaired) electrons. The number of nitrogens with zero attached hydrogens (tertiary/aromatic N) is 1. The molecule has 0 spiro atoms. The molecule has 0 saturated heterocycles. The lowest BCUT2D eigenvalue weighted by Crippen LogP contribution is -2.06. The van der Waals surface area contributed by atoms with Crippen molar-refractivity contribution in [2.45, 2.75) is 18.2 Å². The predicted octanol–water partition coefficient (Wildman–Crippen LogP) is 1.84. The van der Waals surface area contributed by atoms with E-state index in [2.05, 4.69) is 4.98 Å². The van der Waals surface area contributed by atoms with Crippen LogP contribution in [0.3, 0.4) is 0 Å². The van der Waals surface area contributed by atoms with Crippen LogP contribution in [-0.2, 0) is 9.05 Å². The highest BCUT2D eigenvalue weighted by Gasteiger charge is 2.24. The van der Waals surface area contributed by atoms with Gasteiger partial charge in [0.25, 0.3) is 15.5 Å². The molecule has 2 N–H and O–H groups in total. The van der Waals surface area contributed by atoms with Gasteiger partial charge in [0.05, 0.1) is 11.4 Å². The molecule has 0 amide bonds. The fourth-order valence-corrected chi connectivity index (χ4v) is 1.99. The zero-order valence-electron chi connectivity index (χ0n) is 7.54. The molecular weight excluding hydrogens is 250 g/mol. The second-order valence-corrected chi connectivity index (χ2v) is 5.32. The van der Waals surface area contributed by atoms with Crippen LogP contribution < -0.4 is 5.73 Å². The Balaban J connectivity index is 3.56. The standard InChI is InChI=1S/C7H7ClF2N2O2S/c1-3-4(11)2-5(15(8,13)14)6(12-3)7(9)10/h2,7H,11H2,1H3. The lowest BCUT2D eigenvalue weighted by Gasteiger charge is -2.08. The number of aryl methyl sites for hydroxylation is 1. The molecule has 0 bridgehead atoms. The molecule has 0 aromatic carbocycles. The Labute approximate surface area is 89.5 Å². The number of nitrogens with two attached hydrogens (primary N) is 1. The smallest absolute Gasteiger partial charge is 0.281 e. The molecule has 0 saturated carbocycles. The van der Waals surface area contributed by atoms with E-state index in [1.807, 2.05) is 0 Å². The Kier molecular flexibility index (Phi) is 3.15. The van der Waals surface area contributed by atoms with E-state index in [0.29, 0.717) is 0 Å². The van der Waals surface area contributed by atoms with Crippen molar-refractivity contribution >= 4 is 25.4 Å². The Hall–Kier alpha value is -0.950. The Morgan fingerprint density at radius 3 is 2.47 bits per heavy atom. The summed E-state index contributed by atoms with van der Waals surface area (Å²) in [7, 11) is 0.707. The topological polar surface area (TPSA) is 73.0 Å². The van der Waals surface area contributed by atoms with E-state index in [0.717, 1.165) is 6.07 Å². The quantitative estimate of drug-likeness (QED) is 0.820. The second kappa shape index (κ2) is 3.90. The van der Waals surface area contributed by atoms with Crippen LogP contribution in [0.15, 0.2) is 11.0 Å². The van der Waals surface area contributed by atoms with Crippen LogP contribution in [0.5, 0.6) is 0 Å². The molecule has 15 heavy (non-hydrogen) atoms. The van der Waals surface area contributed by atoms with Crippen LogP contribution in [0.4, 0.5) is 14.5 Å². The van der Waals surface area contributed by atoms with Crippen LogP contribution in [0.2, 0.25) is 0 Å². The van der Waals surface area contributed by atoms with Gasteiger partial charge in [-0.1, -0.05) is 0 Å². The van der Waals surface area contributed by atoms with E-state index >= 15 is 0 Å². The first-order chi connectivity index (χ1) is 6.73. The summed E-state index contributed by atoms with van der Waals surface area (Å²) in [5.41, 5.74) is 4.61. The van der Waals surface area contributed by atoms with Crippen molar-refractivity contribution in [2.24, 2.45) is 0 Å².